The van der Waals surface area contributed by atoms with E-state index in [0.717, 1.165) is 13.0 Å². The van der Waals surface area contributed by atoms with Crippen LogP contribution in [0.2, 0.25) is 0 Å². The highest BCUT2D eigenvalue weighted by molar-refractivity contribution is 5.22. The van der Waals surface area contributed by atoms with Crippen LogP contribution in [0.25, 0.3) is 0 Å². The van der Waals surface area contributed by atoms with Gasteiger partial charge in [-0.2, -0.15) is 0 Å². The molecule has 1 unspecified atom stereocenters. The molecule has 92 valence electrons. The van der Waals surface area contributed by atoms with Crippen LogP contribution in [-0.4, -0.2) is 11.4 Å². The minimum absolute atomic E-state index is 0.391. The fraction of sp³-hybridized carbons (Fsp3) is 0.733. The summed E-state index contributed by atoms with van der Waals surface area (Å²) in [5, 5.41) is 0. The van der Waals surface area contributed by atoms with Gasteiger partial charge < -0.3 is 4.90 Å². The summed E-state index contributed by atoms with van der Waals surface area (Å²) in [5.74, 6) is 0.599. The zero-order valence-electron chi connectivity index (χ0n) is 11.5. The van der Waals surface area contributed by atoms with Gasteiger partial charge in [0.1, 0.15) is 0 Å². The second-order valence-corrected chi connectivity index (χ2v) is 5.33. The second kappa shape index (κ2) is 5.07. The van der Waals surface area contributed by atoms with Crippen molar-refractivity contribution in [1.82, 2.24) is 4.90 Å². The summed E-state index contributed by atoms with van der Waals surface area (Å²) >= 11 is 0. The lowest BCUT2D eigenvalue weighted by molar-refractivity contribution is 0.199. The maximum absolute atomic E-state index is 4.31. The van der Waals surface area contributed by atoms with Crippen molar-refractivity contribution in [3.8, 4) is 0 Å². The van der Waals surface area contributed by atoms with Crippen molar-refractivity contribution < 1.29 is 0 Å². The fourth-order valence-electron chi connectivity index (χ4n) is 2.77. The number of nitrogens with zero attached hydrogens (tertiary/aromatic N) is 1. The molecule has 0 bridgehead atoms. The van der Waals surface area contributed by atoms with Gasteiger partial charge in [-0.3, -0.25) is 0 Å². The van der Waals surface area contributed by atoms with Crippen LogP contribution in [0.3, 0.4) is 0 Å². The molecule has 1 aliphatic rings. The smallest absolute Gasteiger partial charge is 0.0221 e. The van der Waals surface area contributed by atoms with Crippen LogP contribution in [0.4, 0.5) is 0 Å². The van der Waals surface area contributed by atoms with Crippen LogP contribution in [0.1, 0.15) is 53.4 Å². The van der Waals surface area contributed by atoms with E-state index in [0.29, 0.717) is 11.3 Å². The Kier molecular flexibility index (Phi) is 4.23. The van der Waals surface area contributed by atoms with Crippen molar-refractivity contribution in [2.45, 2.75) is 53.4 Å². The summed E-state index contributed by atoms with van der Waals surface area (Å²) in [7, 11) is 0. The molecular weight excluding hydrogens is 194 g/mol. The summed E-state index contributed by atoms with van der Waals surface area (Å²) in [6.45, 7) is 18.8. The van der Waals surface area contributed by atoms with Crippen molar-refractivity contribution in [1.29, 1.82) is 0 Å². The summed E-state index contributed by atoms with van der Waals surface area (Å²) < 4.78 is 0. The minimum Gasteiger partial charge on any atom is -0.349 e. The first-order valence-electron chi connectivity index (χ1n) is 6.64. The van der Waals surface area contributed by atoms with E-state index in [4.69, 9.17) is 0 Å². The zero-order valence-corrected chi connectivity index (χ0v) is 11.5. The van der Waals surface area contributed by atoms with Crippen LogP contribution in [0.15, 0.2) is 24.6 Å². The van der Waals surface area contributed by atoms with Crippen LogP contribution in [-0.2, 0) is 0 Å². The summed E-state index contributed by atoms with van der Waals surface area (Å²) in [4.78, 5) is 2.34. The van der Waals surface area contributed by atoms with Gasteiger partial charge in [0.15, 0.2) is 0 Å². The average Bonchev–Trinajstić information content (AvgIpc) is 2.57. The maximum Gasteiger partial charge on any atom is 0.0221 e. The first kappa shape index (κ1) is 13.3. The molecule has 0 N–H and O–H groups in total. The Morgan fingerprint density at radius 3 is 2.25 bits per heavy atom. The highest BCUT2D eigenvalue weighted by Crippen LogP contribution is 2.48. The molecule has 1 rings (SSSR count). The standard InChI is InChI=1S/C15H27N/c1-7-10-16-12(4)11-14(13(16)5)15(6,8-2)9-3/h14H,4-5,7-11H2,1-3,6H3. The van der Waals surface area contributed by atoms with Crippen molar-refractivity contribution in [3.05, 3.63) is 24.6 Å². The molecular formula is C15H27N. The van der Waals surface area contributed by atoms with Crippen molar-refractivity contribution in [3.63, 3.8) is 0 Å². The molecule has 1 saturated heterocycles. The lowest BCUT2D eigenvalue weighted by Crippen LogP contribution is -2.27. The Morgan fingerprint density at radius 2 is 1.81 bits per heavy atom. The van der Waals surface area contributed by atoms with Crippen LogP contribution < -0.4 is 0 Å². The summed E-state index contributed by atoms with van der Waals surface area (Å²) in [6, 6.07) is 0. The Bertz CT molecular complexity index is 273. The highest BCUT2D eigenvalue weighted by Gasteiger charge is 2.40. The van der Waals surface area contributed by atoms with E-state index >= 15 is 0 Å². The molecule has 1 heterocycles. The van der Waals surface area contributed by atoms with Gasteiger partial charge in [-0.25, -0.2) is 0 Å². The summed E-state index contributed by atoms with van der Waals surface area (Å²) in [5.41, 5.74) is 2.96. The van der Waals surface area contributed by atoms with Gasteiger partial charge in [-0.15, -0.1) is 0 Å². The first-order valence-corrected chi connectivity index (χ1v) is 6.64. The zero-order chi connectivity index (χ0) is 12.3. The normalized spacial score (nSPS) is 22.0. The van der Waals surface area contributed by atoms with Crippen molar-refractivity contribution in [2.24, 2.45) is 11.3 Å². The van der Waals surface area contributed by atoms with Crippen LogP contribution >= 0.6 is 0 Å². The van der Waals surface area contributed by atoms with E-state index in [1.807, 2.05) is 0 Å². The molecule has 0 amide bonds. The third kappa shape index (κ3) is 2.18. The summed E-state index contributed by atoms with van der Waals surface area (Å²) in [6.07, 6.45) is 4.72. The molecule has 1 nitrogen and oxygen atoms in total. The van der Waals surface area contributed by atoms with E-state index in [1.165, 1.54) is 30.7 Å². The molecule has 0 aromatic rings. The fourth-order valence-corrected chi connectivity index (χ4v) is 2.77. The quantitative estimate of drug-likeness (QED) is 0.657. The van der Waals surface area contributed by atoms with Crippen LogP contribution in [0, 0.1) is 11.3 Å². The van der Waals surface area contributed by atoms with Gasteiger partial charge in [0.2, 0.25) is 0 Å². The van der Waals surface area contributed by atoms with Gasteiger partial charge in [0.05, 0.1) is 0 Å². The molecule has 1 aliphatic heterocycles. The number of hydrogen-bond acceptors (Lipinski definition) is 1. The van der Waals surface area contributed by atoms with Gasteiger partial charge in [-0.1, -0.05) is 53.7 Å². The topological polar surface area (TPSA) is 3.24 Å². The third-order valence-corrected chi connectivity index (χ3v) is 4.47. The number of allylic oxidation sites excluding steroid dienone is 2. The molecule has 1 heteroatoms. The molecule has 1 fully saturated rings. The average molecular weight is 221 g/mol. The third-order valence-electron chi connectivity index (χ3n) is 4.47. The second-order valence-electron chi connectivity index (χ2n) is 5.33. The maximum atomic E-state index is 4.31. The predicted octanol–water partition coefficient (Wildman–Crippen LogP) is 4.57. The van der Waals surface area contributed by atoms with E-state index < -0.39 is 0 Å². The molecule has 16 heavy (non-hydrogen) atoms. The molecule has 0 aliphatic carbocycles. The molecule has 0 aromatic heterocycles. The van der Waals surface area contributed by atoms with E-state index in [1.54, 1.807) is 0 Å². The van der Waals surface area contributed by atoms with Crippen molar-refractivity contribution in [2.75, 3.05) is 6.54 Å². The first-order chi connectivity index (χ1) is 7.50. The number of rotatable bonds is 5. The molecule has 0 spiro atoms. The number of hydrogen-bond donors (Lipinski definition) is 0. The van der Waals surface area contributed by atoms with E-state index in [9.17, 15) is 0 Å². The Labute approximate surface area is 101 Å². The van der Waals surface area contributed by atoms with Gasteiger partial charge in [0.25, 0.3) is 0 Å². The lowest BCUT2D eigenvalue weighted by atomic mass is 9.71. The molecule has 1 atom stereocenters. The molecule has 0 saturated carbocycles. The van der Waals surface area contributed by atoms with Gasteiger partial charge in [0, 0.05) is 23.9 Å². The van der Waals surface area contributed by atoms with Gasteiger partial charge in [-0.05, 0) is 18.3 Å². The minimum atomic E-state index is 0.391. The Balaban J connectivity index is 2.86. The number of likely N-dealkylation sites (tertiary alicyclic amines) is 1. The Morgan fingerprint density at radius 1 is 1.25 bits per heavy atom. The predicted molar refractivity (Wildman–Crippen MR) is 72.1 cm³/mol. The lowest BCUT2D eigenvalue weighted by Gasteiger charge is -2.35. The molecule has 0 radical (unpaired) electrons. The van der Waals surface area contributed by atoms with E-state index in [-0.39, 0.29) is 0 Å². The molecule has 0 aromatic carbocycles. The SMILES string of the molecule is C=C1CC(C(C)(CC)CC)C(=C)N1CCC. The monoisotopic (exact) mass is 221 g/mol. The largest absolute Gasteiger partial charge is 0.349 e. The van der Waals surface area contributed by atoms with Crippen LogP contribution in [0.5, 0.6) is 0 Å². The van der Waals surface area contributed by atoms with E-state index in [2.05, 4.69) is 45.8 Å². The Hall–Kier alpha value is -0.720. The van der Waals surface area contributed by atoms with Crippen molar-refractivity contribution >= 4 is 0 Å². The highest BCUT2D eigenvalue weighted by atomic mass is 15.2. The van der Waals surface area contributed by atoms with Gasteiger partial charge >= 0.3 is 0 Å².